The molecule has 0 radical (unpaired) electrons. The number of nitrogen functional groups attached to an aromatic ring is 1. The van der Waals surface area contributed by atoms with Crippen LogP contribution in [0.25, 0.3) is 5.69 Å². The fourth-order valence-corrected chi connectivity index (χ4v) is 1.46. The lowest BCUT2D eigenvalue weighted by Crippen LogP contribution is -1.95. The summed E-state index contributed by atoms with van der Waals surface area (Å²) in [6.45, 7) is 1.94. The van der Waals surface area contributed by atoms with E-state index in [1.54, 1.807) is 4.68 Å². The molecular formula is C10H10BrN3. The number of nitrogens with two attached hydrogens (primary N) is 1. The van der Waals surface area contributed by atoms with Crippen LogP contribution in [0.4, 0.5) is 5.82 Å². The number of aromatic nitrogens is 2. The Morgan fingerprint density at radius 2 is 1.93 bits per heavy atom. The van der Waals surface area contributed by atoms with Gasteiger partial charge in [0.05, 0.1) is 5.69 Å². The average molecular weight is 252 g/mol. The number of anilines is 1. The van der Waals surface area contributed by atoms with Gasteiger partial charge in [0.25, 0.3) is 0 Å². The van der Waals surface area contributed by atoms with Gasteiger partial charge in [-0.15, -0.1) is 0 Å². The van der Waals surface area contributed by atoms with Crippen molar-refractivity contribution in [2.45, 2.75) is 6.92 Å². The van der Waals surface area contributed by atoms with Gasteiger partial charge in [0.1, 0.15) is 5.82 Å². The third-order valence-electron chi connectivity index (χ3n) is 2.03. The first-order valence-electron chi connectivity index (χ1n) is 4.24. The molecule has 0 amide bonds. The monoisotopic (exact) mass is 251 g/mol. The highest BCUT2D eigenvalue weighted by molar-refractivity contribution is 9.10. The molecular weight excluding hydrogens is 242 g/mol. The Bertz CT molecular complexity index is 425. The van der Waals surface area contributed by atoms with E-state index in [4.69, 9.17) is 5.73 Å². The van der Waals surface area contributed by atoms with Crippen LogP contribution < -0.4 is 5.73 Å². The van der Waals surface area contributed by atoms with E-state index in [-0.39, 0.29) is 0 Å². The molecule has 0 aliphatic carbocycles. The summed E-state index contributed by atoms with van der Waals surface area (Å²) in [7, 11) is 0. The fraction of sp³-hybridized carbons (Fsp3) is 0.100. The molecule has 0 bridgehead atoms. The first-order chi connectivity index (χ1) is 6.66. The first kappa shape index (κ1) is 9.27. The lowest BCUT2D eigenvalue weighted by Gasteiger charge is -1.99. The minimum absolute atomic E-state index is 0.577. The largest absolute Gasteiger partial charge is 0.382 e. The van der Waals surface area contributed by atoms with Gasteiger partial charge in [-0.05, 0) is 31.2 Å². The van der Waals surface area contributed by atoms with Gasteiger partial charge in [-0.2, -0.15) is 5.10 Å². The minimum atomic E-state index is 0.577. The van der Waals surface area contributed by atoms with Crippen molar-refractivity contribution in [2.75, 3.05) is 5.73 Å². The second-order valence-electron chi connectivity index (χ2n) is 3.12. The summed E-state index contributed by atoms with van der Waals surface area (Å²) in [6.07, 6.45) is 1.92. The van der Waals surface area contributed by atoms with Crippen LogP contribution in [0, 0.1) is 6.92 Å². The smallest absolute Gasteiger partial charge is 0.148 e. The Hall–Kier alpha value is -1.29. The normalized spacial score (nSPS) is 10.4. The van der Waals surface area contributed by atoms with Gasteiger partial charge in [-0.1, -0.05) is 15.9 Å². The zero-order chi connectivity index (χ0) is 10.1. The molecule has 0 aliphatic heterocycles. The average Bonchev–Trinajstić information content (AvgIpc) is 2.48. The number of nitrogens with zero attached hydrogens (tertiary/aromatic N) is 2. The predicted molar refractivity (Wildman–Crippen MR) is 60.4 cm³/mol. The Morgan fingerprint density at radius 1 is 1.29 bits per heavy atom. The van der Waals surface area contributed by atoms with Crippen molar-refractivity contribution < 1.29 is 0 Å². The van der Waals surface area contributed by atoms with E-state index in [2.05, 4.69) is 21.0 Å². The van der Waals surface area contributed by atoms with Gasteiger partial charge >= 0.3 is 0 Å². The van der Waals surface area contributed by atoms with E-state index in [0.29, 0.717) is 5.82 Å². The maximum Gasteiger partial charge on any atom is 0.148 e. The third-order valence-corrected chi connectivity index (χ3v) is 2.56. The summed E-state index contributed by atoms with van der Waals surface area (Å²) in [5.41, 5.74) is 7.67. The van der Waals surface area contributed by atoms with E-state index in [1.807, 2.05) is 37.4 Å². The Kier molecular flexibility index (Phi) is 2.29. The first-order valence-corrected chi connectivity index (χ1v) is 5.04. The van der Waals surface area contributed by atoms with E-state index >= 15 is 0 Å². The van der Waals surface area contributed by atoms with Gasteiger partial charge in [0, 0.05) is 16.2 Å². The van der Waals surface area contributed by atoms with Crippen molar-refractivity contribution in [1.29, 1.82) is 0 Å². The molecule has 0 fully saturated rings. The molecule has 0 unspecified atom stereocenters. The standard InChI is InChI=1S/C10H10BrN3/c1-7-6-14(13-10(7)12)9-4-2-8(11)3-5-9/h2-6H,1H3,(H2,12,13). The van der Waals surface area contributed by atoms with Crippen molar-refractivity contribution in [3.8, 4) is 5.69 Å². The molecule has 2 rings (SSSR count). The van der Waals surface area contributed by atoms with Crippen LogP contribution in [0.5, 0.6) is 0 Å². The quantitative estimate of drug-likeness (QED) is 0.847. The highest BCUT2D eigenvalue weighted by Crippen LogP contribution is 2.15. The summed E-state index contributed by atoms with van der Waals surface area (Å²) in [5.74, 6) is 0.577. The number of hydrogen-bond donors (Lipinski definition) is 1. The van der Waals surface area contributed by atoms with Crippen LogP contribution in [0.2, 0.25) is 0 Å². The summed E-state index contributed by atoms with van der Waals surface area (Å²) >= 11 is 3.38. The molecule has 1 aromatic carbocycles. The summed E-state index contributed by atoms with van der Waals surface area (Å²) in [5, 5.41) is 4.19. The van der Waals surface area contributed by atoms with Crippen LogP contribution in [0.15, 0.2) is 34.9 Å². The van der Waals surface area contributed by atoms with Crippen molar-refractivity contribution >= 4 is 21.7 Å². The number of rotatable bonds is 1. The maximum atomic E-state index is 5.67. The Balaban J connectivity index is 2.44. The van der Waals surface area contributed by atoms with E-state index in [1.165, 1.54) is 0 Å². The van der Waals surface area contributed by atoms with E-state index in [9.17, 15) is 0 Å². The van der Waals surface area contributed by atoms with Gasteiger partial charge in [0.2, 0.25) is 0 Å². The Morgan fingerprint density at radius 3 is 2.43 bits per heavy atom. The number of hydrogen-bond acceptors (Lipinski definition) is 2. The van der Waals surface area contributed by atoms with Crippen LogP contribution in [0.1, 0.15) is 5.56 Å². The van der Waals surface area contributed by atoms with Crippen LogP contribution in [-0.2, 0) is 0 Å². The van der Waals surface area contributed by atoms with Gasteiger partial charge in [0.15, 0.2) is 0 Å². The van der Waals surface area contributed by atoms with Crippen molar-refractivity contribution in [3.63, 3.8) is 0 Å². The molecule has 0 saturated heterocycles. The summed E-state index contributed by atoms with van der Waals surface area (Å²) in [4.78, 5) is 0. The van der Waals surface area contributed by atoms with E-state index < -0.39 is 0 Å². The molecule has 0 spiro atoms. The summed E-state index contributed by atoms with van der Waals surface area (Å²) in [6, 6.07) is 7.91. The molecule has 4 heteroatoms. The minimum Gasteiger partial charge on any atom is -0.382 e. The second kappa shape index (κ2) is 3.46. The number of halogens is 1. The topological polar surface area (TPSA) is 43.8 Å². The zero-order valence-corrected chi connectivity index (χ0v) is 9.32. The molecule has 3 nitrogen and oxygen atoms in total. The number of benzene rings is 1. The van der Waals surface area contributed by atoms with Crippen molar-refractivity contribution in [1.82, 2.24) is 9.78 Å². The molecule has 14 heavy (non-hydrogen) atoms. The third kappa shape index (κ3) is 1.65. The lowest BCUT2D eigenvalue weighted by atomic mass is 10.3. The molecule has 0 atom stereocenters. The highest BCUT2D eigenvalue weighted by Gasteiger charge is 2.02. The van der Waals surface area contributed by atoms with Gasteiger partial charge in [-0.25, -0.2) is 4.68 Å². The molecule has 2 aromatic rings. The Labute approximate surface area is 90.7 Å². The second-order valence-corrected chi connectivity index (χ2v) is 4.03. The SMILES string of the molecule is Cc1cn(-c2ccc(Br)cc2)nc1N. The number of aryl methyl sites for hydroxylation is 1. The fourth-order valence-electron chi connectivity index (χ4n) is 1.20. The van der Waals surface area contributed by atoms with Crippen LogP contribution in [0.3, 0.4) is 0 Å². The summed E-state index contributed by atoms with van der Waals surface area (Å²) < 4.78 is 2.83. The van der Waals surface area contributed by atoms with Gasteiger partial charge < -0.3 is 5.73 Å². The molecule has 72 valence electrons. The molecule has 1 heterocycles. The molecule has 2 N–H and O–H groups in total. The lowest BCUT2D eigenvalue weighted by molar-refractivity contribution is 0.885. The molecule has 0 aliphatic rings. The van der Waals surface area contributed by atoms with Crippen molar-refractivity contribution in [3.05, 3.63) is 40.5 Å². The predicted octanol–water partition coefficient (Wildman–Crippen LogP) is 2.53. The van der Waals surface area contributed by atoms with Gasteiger partial charge in [-0.3, -0.25) is 0 Å². The maximum absolute atomic E-state index is 5.67. The molecule has 0 saturated carbocycles. The van der Waals surface area contributed by atoms with Crippen molar-refractivity contribution in [2.24, 2.45) is 0 Å². The van der Waals surface area contributed by atoms with Crippen LogP contribution >= 0.6 is 15.9 Å². The highest BCUT2D eigenvalue weighted by atomic mass is 79.9. The molecule has 1 aromatic heterocycles. The van der Waals surface area contributed by atoms with E-state index in [0.717, 1.165) is 15.7 Å². The zero-order valence-electron chi connectivity index (χ0n) is 7.74. The van der Waals surface area contributed by atoms with Crippen LogP contribution in [-0.4, -0.2) is 9.78 Å².